The van der Waals surface area contributed by atoms with Crippen molar-refractivity contribution in [2.75, 3.05) is 13.1 Å². The van der Waals surface area contributed by atoms with E-state index in [1.54, 1.807) is 20.8 Å². The van der Waals surface area contributed by atoms with Gasteiger partial charge in [0.1, 0.15) is 11.8 Å². The number of hydrazine groups is 1. The molecule has 2 N–H and O–H groups in total. The first-order valence-electron chi connectivity index (χ1n) is 5.14. The van der Waals surface area contributed by atoms with Crippen molar-refractivity contribution in [1.82, 2.24) is 5.01 Å². The first-order chi connectivity index (χ1) is 6.78. The molecule has 0 unspecified atom stereocenters. The van der Waals surface area contributed by atoms with Crippen LogP contribution in [-0.4, -0.2) is 35.8 Å². The normalized spacial score (nSPS) is 28.9. The van der Waals surface area contributed by atoms with Gasteiger partial charge in [0.15, 0.2) is 0 Å². The topological polar surface area (TPSA) is 55.6 Å². The zero-order valence-corrected chi connectivity index (χ0v) is 9.50. The summed E-state index contributed by atoms with van der Waals surface area (Å²) in [6.07, 6.45) is -0.830. The van der Waals surface area contributed by atoms with Crippen LogP contribution in [0.2, 0.25) is 0 Å². The molecule has 88 valence electrons. The Balaban J connectivity index is 2.52. The molecule has 0 saturated carbocycles. The molecule has 2 atom stereocenters. The largest absolute Gasteiger partial charge is 0.460 e. The predicted octanol–water partition coefficient (Wildman–Crippen LogP) is 0.862. The summed E-state index contributed by atoms with van der Waals surface area (Å²) in [6.45, 7) is 5.94. The van der Waals surface area contributed by atoms with E-state index in [2.05, 4.69) is 0 Å². The van der Waals surface area contributed by atoms with Gasteiger partial charge in [-0.2, -0.15) is 0 Å². The number of piperidine rings is 1. The monoisotopic (exact) mass is 218 g/mol. The highest BCUT2D eigenvalue weighted by Gasteiger charge is 2.33. The molecule has 1 aliphatic heterocycles. The lowest BCUT2D eigenvalue weighted by atomic mass is 9.98. The molecule has 1 aliphatic rings. The van der Waals surface area contributed by atoms with Crippen LogP contribution < -0.4 is 5.84 Å². The fourth-order valence-electron chi connectivity index (χ4n) is 1.63. The van der Waals surface area contributed by atoms with Crippen LogP contribution in [0.1, 0.15) is 27.2 Å². The highest BCUT2D eigenvalue weighted by molar-refractivity contribution is 5.73. The predicted molar refractivity (Wildman–Crippen MR) is 54.6 cm³/mol. The van der Waals surface area contributed by atoms with Gasteiger partial charge in [-0.05, 0) is 27.2 Å². The standard InChI is InChI=1S/C10H19FN2O2/c1-10(2,3)15-9(14)7-4-8(11)6-13(12)5-7/h7-8H,4-6,12H2,1-3H3/t7-,8-/m1/s1. The third-order valence-electron chi connectivity index (χ3n) is 2.17. The second-order valence-electron chi connectivity index (χ2n) is 5.02. The third kappa shape index (κ3) is 4.13. The van der Waals surface area contributed by atoms with E-state index in [4.69, 9.17) is 10.6 Å². The number of carbonyl (C=O) groups excluding carboxylic acids is 1. The van der Waals surface area contributed by atoms with Gasteiger partial charge in [0.2, 0.25) is 0 Å². The van der Waals surface area contributed by atoms with E-state index in [0.717, 1.165) is 0 Å². The molecular formula is C10H19FN2O2. The Bertz CT molecular complexity index is 230. The quantitative estimate of drug-likeness (QED) is 0.524. The first kappa shape index (κ1) is 12.4. The van der Waals surface area contributed by atoms with Crippen molar-refractivity contribution in [3.8, 4) is 0 Å². The summed E-state index contributed by atoms with van der Waals surface area (Å²) < 4.78 is 18.3. The van der Waals surface area contributed by atoms with Gasteiger partial charge in [-0.25, -0.2) is 9.40 Å². The number of halogens is 1. The molecule has 4 nitrogen and oxygen atoms in total. The van der Waals surface area contributed by atoms with Crippen LogP contribution in [-0.2, 0) is 9.53 Å². The number of nitrogens with two attached hydrogens (primary N) is 1. The Morgan fingerprint density at radius 3 is 2.53 bits per heavy atom. The molecule has 0 radical (unpaired) electrons. The van der Waals surface area contributed by atoms with Gasteiger partial charge in [0.25, 0.3) is 0 Å². The summed E-state index contributed by atoms with van der Waals surface area (Å²) in [7, 11) is 0. The van der Waals surface area contributed by atoms with E-state index in [9.17, 15) is 9.18 Å². The van der Waals surface area contributed by atoms with Crippen LogP contribution in [0.4, 0.5) is 4.39 Å². The van der Waals surface area contributed by atoms with Crippen LogP contribution in [0.15, 0.2) is 0 Å². The lowest BCUT2D eigenvalue weighted by molar-refractivity contribution is -0.163. The van der Waals surface area contributed by atoms with Crippen molar-refractivity contribution in [2.24, 2.45) is 11.8 Å². The Hall–Kier alpha value is -0.680. The number of nitrogens with zero attached hydrogens (tertiary/aromatic N) is 1. The molecule has 0 aromatic heterocycles. The molecule has 0 amide bonds. The lowest BCUT2D eigenvalue weighted by Gasteiger charge is -2.32. The van der Waals surface area contributed by atoms with Crippen molar-refractivity contribution in [2.45, 2.75) is 39.0 Å². The fourth-order valence-corrected chi connectivity index (χ4v) is 1.63. The highest BCUT2D eigenvalue weighted by atomic mass is 19.1. The minimum Gasteiger partial charge on any atom is -0.460 e. The number of carbonyl (C=O) groups is 1. The van der Waals surface area contributed by atoms with Crippen molar-refractivity contribution < 1.29 is 13.9 Å². The van der Waals surface area contributed by atoms with Crippen LogP contribution in [0.3, 0.4) is 0 Å². The molecule has 1 fully saturated rings. The summed E-state index contributed by atoms with van der Waals surface area (Å²) in [4.78, 5) is 11.6. The van der Waals surface area contributed by atoms with Crippen LogP contribution in [0.5, 0.6) is 0 Å². The summed E-state index contributed by atoms with van der Waals surface area (Å²) in [6, 6.07) is 0. The average molecular weight is 218 g/mol. The molecule has 0 bridgehead atoms. The number of hydrogen-bond acceptors (Lipinski definition) is 4. The second kappa shape index (κ2) is 4.45. The summed E-state index contributed by atoms with van der Waals surface area (Å²) >= 11 is 0. The molecule has 0 aromatic rings. The SMILES string of the molecule is CC(C)(C)OC(=O)[C@@H]1C[C@@H](F)CN(N)C1. The maximum Gasteiger partial charge on any atom is 0.310 e. The molecule has 0 aliphatic carbocycles. The Morgan fingerprint density at radius 1 is 1.47 bits per heavy atom. The number of alkyl halides is 1. The van der Waals surface area contributed by atoms with Gasteiger partial charge in [-0.15, -0.1) is 0 Å². The third-order valence-corrected chi connectivity index (χ3v) is 2.17. The molecule has 0 aromatic carbocycles. The highest BCUT2D eigenvalue weighted by Crippen LogP contribution is 2.21. The van der Waals surface area contributed by atoms with Crippen molar-refractivity contribution in [3.05, 3.63) is 0 Å². The van der Waals surface area contributed by atoms with Gasteiger partial charge in [-0.3, -0.25) is 10.6 Å². The van der Waals surface area contributed by atoms with Gasteiger partial charge >= 0.3 is 5.97 Å². The van der Waals surface area contributed by atoms with Crippen molar-refractivity contribution >= 4 is 5.97 Å². The van der Waals surface area contributed by atoms with Crippen molar-refractivity contribution in [3.63, 3.8) is 0 Å². The molecule has 1 rings (SSSR count). The Labute approximate surface area is 89.5 Å². The maximum absolute atomic E-state index is 13.1. The number of ether oxygens (including phenoxy) is 1. The Kier molecular flexibility index (Phi) is 3.67. The van der Waals surface area contributed by atoms with E-state index in [0.29, 0.717) is 6.54 Å². The van der Waals surface area contributed by atoms with E-state index in [-0.39, 0.29) is 18.9 Å². The first-order valence-corrected chi connectivity index (χ1v) is 5.14. The number of esters is 1. The minimum atomic E-state index is -1.04. The summed E-state index contributed by atoms with van der Waals surface area (Å²) in [5.41, 5.74) is -0.528. The maximum atomic E-state index is 13.1. The number of hydrogen-bond donors (Lipinski definition) is 1. The molecule has 1 saturated heterocycles. The summed E-state index contributed by atoms with van der Waals surface area (Å²) in [5, 5.41) is 1.34. The van der Waals surface area contributed by atoms with E-state index in [1.165, 1.54) is 5.01 Å². The second-order valence-corrected chi connectivity index (χ2v) is 5.02. The van der Waals surface area contributed by atoms with Crippen molar-refractivity contribution in [1.29, 1.82) is 0 Å². The van der Waals surface area contributed by atoms with E-state index >= 15 is 0 Å². The van der Waals surface area contributed by atoms with Gasteiger partial charge < -0.3 is 4.74 Å². The molecule has 1 heterocycles. The summed E-state index contributed by atoms with van der Waals surface area (Å²) in [5.74, 6) is 4.70. The minimum absolute atomic E-state index is 0.194. The van der Waals surface area contributed by atoms with Crippen LogP contribution >= 0.6 is 0 Å². The lowest BCUT2D eigenvalue weighted by Crippen LogP contribution is -2.48. The van der Waals surface area contributed by atoms with E-state index < -0.39 is 17.7 Å². The zero-order valence-electron chi connectivity index (χ0n) is 9.50. The molecule has 0 spiro atoms. The number of rotatable bonds is 1. The molecule has 15 heavy (non-hydrogen) atoms. The Morgan fingerprint density at radius 2 is 2.07 bits per heavy atom. The molecule has 5 heteroatoms. The smallest absolute Gasteiger partial charge is 0.310 e. The van der Waals surface area contributed by atoms with Gasteiger partial charge in [0.05, 0.1) is 5.92 Å². The zero-order chi connectivity index (χ0) is 11.6. The fraction of sp³-hybridized carbons (Fsp3) is 0.900. The van der Waals surface area contributed by atoms with E-state index in [1.807, 2.05) is 0 Å². The van der Waals surface area contributed by atoms with Gasteiger partial charge in [0, 0.05) is 13.1 Å². The van der Waals surface area contributed by atoms with Gasteiger partial charge in [-0.1, -0.05) is 0 Å². The average Bonchev–Trinajstić information content (AvgIpc) is 1.98. The van der Waals surface area contributed by atoms with Crippen LogP contribution in [0.25, 0.3) is 0 Å². The molecular weight excluding hydrogens is 199 g/mol. The van der Waals surface area contributed by atoms with Crippen LogP contribution in [0, 0.1) is 5.92 Å².